The molecule has 0 radical (unpaired) electrons. The molecule has 3 rings (SSSR count). The number of amides is 2. The fraction of sp³-hybridized carbons (Fsp3) is 0.423. The Labute approximate surface area is 228 Å². The van der Waals surface area contributed by atoms with E-state index in [0.717, 1.165) is 6.20 Å². The molecule has 0 saturated heterocycles. The molecule has 2 amide bonds. The SMILES string of the molecule is CCc1cc(NC(=O)c2ncc(-c3c(C(F)(F)F)n[nH]c3CC#N)n2C)ccc1C(=O)NCCOCC(C)(C)N. The van der Waals surface area contributed by atoms with Gasteiger partial charge in [-0.15, -0.1) is 0 Å². The van der Waals surface area contributed by atoms with Gasteiger partial charge in [-0.3, -0.25) is 14.7 Å². The van der Waals surface area contributed by atoms with E-state index in [2.05, 4.69) is 25.8 Å². The van der Waals surface area contributed by atoms with Crippen molar-refractivity contribution in [3.05, 3.63) is 52.7 Å². The van der Waals surface area contributed by atoms with Crippen molar-refractivity contribution in [2.45, 2.75) is 45.3 Å². The van der Waals surface area contributed by atoms with Crippen molar-refractivity contribution < 1.29 is 27.5 Å². The Morgan fingerprint density at radius 2 is 1.98 bits per heavy atom. The third kappa shape index (κ3) is 7.25. The molecule has 0 aliphatic carbocycles. The number of benzene rings is 1. The third-order valence-electron chi connectivity index (χ3n) is 5.81. The molecule has 0 aliphatic heterocycles. The number of rotatable bonds is 11. The van der Waals surface area contributed by atoms with Crippen LogP contribution in [0, 0.1) is 11.3 Å². The molecule has 0 bridgehead atoms. The highest BCUT2D eigenvalue weighted by Gasteiger charge is 2.39. The van der Waals surface area contributed by atoms with E-state index in [0.29, 0.717) is 43.0 Å². The van der Waals surface area contributed by atoms with Gasteiger partial charge in [0, 0.05) is 30.4 Å². The number of carbonyl (C=O) groups is 2. The van der Waals surface area contributed by atoms with Gasteiger partial charge in [0.05, 0.1) is 48.9 Å². The van der Waals surface area contributed by atoms with Crippen LogP contribution in [0.1, 0.15) is 58.7 Å². The van der Waals surface area contributed by atoms with Crippen LogP contribution in [0.2, 0.25) is 0 Å². The van der Waals surface area contributed by atoms with Gasteiger partial charge in [0.1, 0.15) is 0 Å². The summed E-state index contributed by atoms with van der Waals surface area (Å²) in [4.78, 5) is 29.7. The maximum absolute atomic E-state index is 13.6. The summed E-state index contributed by atoms with van der Waals surface area (Å²) in [6, 6.07) is 6.57. The number of H-pyrrole nitrogens is 1. The molecular formula is C26H31F3N8O3. The van der Waals surface area contributed by atoms with E-state index in [-0.39, 0.29) is 35.1 Å². The summed E-state index contributed by atoms with van der Waals surface area (Å²) >= 11 is 0. The summed E-state index contributed by atoms with van der Waals surface area (Å²) in [6.45, 7) is 6.47. The number of nitrogens with two attached hydrogens (primary N) is 1. The van der Waals surface area contributed by atoms with E-state index in [1.54, 1.807) is 24.3 Å². The van der Waals surface area contributed by atoms with Crippen molar-refractivity contribution in [3.8, 4) is 17.3 Å². The summed E-state index contributed by atoms with van der Waals surface area (Å²) in [7, 11) is 1.39. The fourth-order valence-corrected chi connectivity index (χ4v) is 3.96. The second kappa shape index (κ2) is 12.3. The van der Waals surface area contributed by atoms with E-state index < -0.39 is 23.3 Å². The molecule has 14 heteroatoms. The number of nitriles is 1. The summed E-state index contributed by atoms with van der Waals surface area (Å²) < 4.78 is 47.3. The normalized spacial score (nSPS) is 11.8. The molecule has 214 valence electrons. The van der Waals surface area contributed by atoms with Crippen LogP contribution in [0.15, 0.2) is 24.4 Å². The number of hydrogen-bond acceptors (Lipinski definition) is 7. The van der Waals surface area contributed by atoms with Crippen LogP contribution in [0.25, 0.3) is 11.3 Å². The largest absolute Gasteiger partial charge is 0.435 e. The average Bonchev–Trinajstić information content (AvgIpc) is 3.46. The number of imidazole rings is 1. The molecule has 0 atom stereocenters. The number of halogens is 3. The van der Waals surface area contributed by atoms with Gasteiger partial charge in [0.2, 0.25) is 0 Å². The first kappa shape index (κ1) is 30.3. The Morgan fingerprint density at radius 1 is 1.25 bits per heavy atom. The highest BCUT2D eigenvalue weighted by atomic mass is 19.4. The first-order chi connectivity index (χ1) is 18.8. The number of nitrogens with one attached hydrogen (secondary N) is 3. The van der Waals surface area contributed by atoms with E-state index >= 15 is 0 Å². The van der Waals surface area contributed by atoms with Crippen LogP contribution in [-0.2, 0) is 30.8 Å². The summed E-state index contributed by atoms with van der Waals surface area (Å²) in [6.07, 6.45) is -3.51. The lowest BCUT2D eigenvalue weighted by atomic mass is 10.0. The molecule has 0 unspecified atom stereocenters. The number of alkyl halides is 3. The van der Waals surface area contributed by atoms with Gasteiger partial charge in [-0.2, -0.15) is 23.5 Å². The van der Waals surface area contributed by atoms with Crippen LogP contribution in [0.5, 0.6) is 0 Å². The van der Waals surface area contributed by atoms with Crippen LogP contribution in [-0.4, -0.2) is 56.9 Å². The Morgan fingerprint density at radius 3 is 2.60 bits per heavy atom. The highest BCUT2D eigenvalue weighted by molar-refractivity contribution is 6.03. The molecule has 40 heavy (non-hydrogen) atoms. The zero-order valence-electron chi connectivity index (χ0n) is 22.6. The molecule has 2 aromatic heterocycles. The van der Waals surface area contributed by atoms with Gasteiger partial charge < -0.3 is 25.7 Å². The van der Waals surface area contributed by atoms with Crippen LogP contribution in [0.3, 0.4) is 0 Å². The molecule has 0 fully saturated rings. The molecule has 0 saturated carbocycles. The van der Waals surface area contributed by atoms with Crippen molar-refractivity contribution in [2.24, 2.45) is 12.8 Å². The number of carbonyl (C=O) groups excluding carboxylic acids is 2. The second-order valence-electron chi connectivity index (χ2n) is 9.76. The van der Waals surface area contributed by atoms with E-state index in [9.17, 15) is 22.8 Å². The zero-order valence-corrected chi connectivity index (χ0v) is 22.6. The molecule has 2 heterocycles. The van der Waals surface area contributed by atoms with E-state index in [4.69, 9.17) is 15.7 Å². The third-order valence-corrected chi connectivity index (χ3v) is 5.81. The lowest BCUT2D eigenvalue weighted by molar-refractivity contribution is -0.140. The predicted octanol–water partition coefficient (Wildman–Crippen LogP) is 3.19. The quantitative estimate of drug-likeness (QED) is 0.262. The molecule has 11 nitrogen and oxygen atoms in total. The van der Waals surface area contributed by atoms with Gasteiger partial charge in [-0.05, 0) is 44.0 Å². The van der Waals surface area contributed by atoms with Gasteiger partial charge in [-0.1, -0.05) is 6.92 Å². The van der Waals surface area contributed by atoms with E-state index in [1.807, 2.05) is 20.8 Å². The highest BCUT2D eigenvalue weighted by Crippen LogP contribution is 2.37. The Kier molecular flexibility index (Phi) is 9.33. The van der Waals surface area contributed by atoms with E-state index in [1.165, 1.54) is 11.6 Å². The lowest BCUT2D eigenvalue weighted by Crippen LogP contribution is -2.38. The Balaban J connectivity index is 1.75. The van der Waals surface area contributed by atoms with Gasteiger partial charge in [0.25, 0.3) is 11.8 Å². The minimum absolute atomic E-state index is 0.0308. The molecule has 0 aliphatic rings. The summed E-state index contributed by atoms with van der Waals surface area (Å²) in [5.74, 6) is -1.13. The first-order valence-electron chi connectivity index (χ1n) is 12.4. The Bertz CT molecular complexity index is 1410. The molecule has 0 spiro atoms. The first-order valence-corrected chi connectivity index (χ1v) is 12.4. The predicted molar refractivity (Wildman–Crippen MR) is 140 cm³/mol. The number of ether oxygens (including phenoxy) is 1. The monoisotopic (exact) mass is 560 g/mol. The van der Waals surface area contributed by atoms with Crippen LogP contribution >= 0.6 is 0 Å². The minimum atomic E-state index is -4.79. The summed E-state index contributed by atoms with van der Waals surface area (Å²) in [5, 5.41) is 20.1. The summed E-state index contributed by atoms with van der Waals surface area (Å²) in [5.41, 5.74) is 5.25. The Hall–Kier alpha value is -4.22. The number of hydrogen-bond donors (Lipinski definition) is 4. The van der Waals surface area contributed by atoms with Gasteiger partial charge >= 0.3 is 6.18 Å². The van der Waals surface area contributed by atoms with Crippen molar-refractivity contribution in [3.63, 3.8) is 0 Å². The molecule has 1 aromatic carbocycles. The van der Waals surface area contributed by atoms with Crippen molar-refractivity contribution in [1.29, 1.82) is 5.26 Å². The minimum Gasteiger partial charge on any atom is -0.378 e. The number of nitrogens with zero attached hydrogens (tertiary/aromatic N) is 4. The standard InChI is InChI=1S/C26H31F3N8O3/c1-5-15-12-16(6-7-17(15)23(38)32-10-11-40-14-25(2,3)31)34-24(39)22-33-13-19(37(22)4)20-18(8-9-30)35-36-21(20)26(27,28)29/h6-7,12-13H,5,8,10-11,14,31H2,1-4H3,(H,32,38)(H,34,39)(H,35,36). The maximum Gasteiger partial charge on any atom is 0.435 e. The number of aryl methyl sites for hydroxylation is 1. The fourth-order valence-electron chi connectivity index (χ4n) is 3.96. The topological polar surface area (TPSA) is 164 Å². The second-order valence-corrected chi connectivity index (χ2v) is 9.76. The number of anilines is 1. The van der Waals surface area contributed by atoms with Crippen LogP contribution in [0.4, 0.5) is 18.9 Å². The van der Waals surface area contributed by atoms with Crippen molar-refractivity contribution in [2.75, 3.05) is 25.1 Å². The van der Waals surface area contributed by atoms with Gasteiger partial charge in [0.15, 0.2) is 11.5 Å². The average molecular weight is 561 g/mol. The smallest absolute Gasteiger partial charge is 0.378 e. The number of aromatic amines is 1. The molecule has 5 N–H and O–H groups in total. The lowest BCUT2D eigenvalue weighted by Gasteiger charge is -2.18. The molecular weight excluding hydrogens is 529 g/mol. The van der Waals surface area contributed by atoms with Crippen molar-refractivity contribution >= 4 is 17.5 Å². The maximum atomic E-state index is 13.6. The molecule has 3 aromatic rings. The van der Waals surface area contributed by atoms with Gasteiger partial charge in [-0.25, -0.2) is 4.98 Å². The van der Waals surface area contributed by atoms with Crippen LogP contribution < -0.4 is 16.4 Å². The van der Waals surface area contributed by atoms with Crippen molar-refractivity contribution in [1.82, 2.24) is 25.1 Å². The number of aromatic nitrogens is 4. The zero-order chi connectivity index (χ0) is 29.7.